The van der Waals surface area contributed by atoms with E-state index in [1.165, 1.54) is 12.8 Å². The molecule has 0 spiro atoms. The second kappa shape index (κ2) is 8.35. The number of amides is 1. The lowest BCUT2D eigenvalue weighted by molar-refractivity contribution is -0.140. The van der Waals surface area contributed by atoms with Crippen LogP contribution in [0.5, 0.6) is 0 Å². The molecule has 1 atom stereocenters. The maximum absolute atomic E-state index is 13.2. The van der Waals surface area contributed by atoms with E-state index in [1.807, 2.05) is 52.0 Å². The molecule has 2 aliphatic heterocycles. The fourth-order valence-electron chi connectivity index (χ4n) is 4.86. The van der Waals surface area contributed by atoms with Gasteiger partial charge in [-0.1, -0.05) is 29.8 Å². The average Bonchev–Trinajstić information content (AvgIpc) is 3.40. The number of H-pyrrole nitrogens is 1. The van der Waals surface area contributed by atoms with Crippen LogP contribution in [0.25, 0.3) is 5.76 Å². The molecule has 6 heteroatoms. The molecule has 0 aliphatic carbocycles. The minimum atomic E-state index is -0.609. The summed E-state index contributed by atoms with van der Waals surface area (Å²) in [4.78, 5) is 33.5. The van der Waals surface area contributed by atoms with E-state index in [9.17, 15) is 14.7 Å². The third-order valence-corrected chi connectivity index (χ3v) is 6.71. The van der Waals surface area contributed by atoms with E-state index < -0.39 is 17.7 Å². The number of Topliss-reactive ketones (excluding diaryl/α,β-unsaturated/α-hetero) is 1. The van der Waals surface area contributed by atoms with Gasteiger partial charge in [-0.3, -0.25) is 9.59 Å². The number of carbonyl (C=O) groups excluding carboxylic acids is 2. The molecule has 2 aliphatic rings. The number of hydrogen-bond donors (Lipinski definition) is 2. The molecule has 1 unspecified atom stereocenters. The van der Waals surface area contributed by atoms with E-state index in [0.717, 1.165) is 47.7 Å². The highest BCUT2D eigenvalue weighted by Crippen LogP contribution is 2.40. The standard InChI is InChI=1S/C25H31N3O3/c1-15-7-9-19(10-8-15)22-21(23(29)20-16(2)17(3)26-18(20)4)24(30)25(31)28(22)14-13-27-11-5-6-12-27/h7-10,22,26,29H,5-6,11-14H2,1-4H3/b23-21+. The van der Waals surface area contributed by atoms with Crippen LogP contribution >= 0.6 is 0 Å². The molecule has 0 bridgehead atoms. The summed E-state index contributed by atoms with van der Waals surface area (Å²) in [5.41, 5.74) is 5.36. The molecule has 3 heterocycles. The van der Waals surface area contributed by atoms with Gasteiger partial charge < -0.3 is 19.9 Å². The SMILES string of the molecule is Cc1ccc(C2/C(=C(\O)c3c(C)[nH]c(C)c3C)C(=O)C(=O)N2CCN2CCCC2)cc1. The molecule has 2 N–H and O–H groups in total. The summed E-state index contributed by atoms with van der Waals surface area (Å²) in [5, 5.41) is 11.3. The first-order valence-corrected chi connectivity index (χ1v) is 11.0. The minimum absolute atomic E-state index is 0.0908. The van der Waals surface area contributed by atoms with Gasteiger partial charge in [0.15, 0.2) is 0 Å². The molecule has 164 valence electrons. The fourth-order valence-corrected chi connectivity index (χ4v) is 4.86. The Morgan fingerprint density at radius 2 is 1.65 bits per heavy atom. The van der Waals surface area contributed by atoms with Crippen molar-refractivity contribution in [2.24, 2.45) is 0 Å². The molecule has 2 fully saturated rings. The monoisotopic (exact) mass is 421 g/mol. The van der Waals surface area contributed by atoms with Crippen LogP contribution in [0.15, 0.2) is 29.8 Å². The summed E-state index contributed by atoms with van der Waals surface area (Å²) in [7, 11) is 0. The maximum atomic E-state index is 13.2. The second-order valence-electron chi connectivity index (χ2n) is 8.83. The van der Waals surface area contributed by atoms with Crippen molar-refractivity contribution in [3.8, 4) is 0 Å². The quantitative estimate of drug-likeness (QED) is 0.438. The van der Waals surface area contributed by atoms with Crippen LogP contribution in [0, 0.1) is 27.7 Å². The van der Waals surface area contributed by atoms with Crippen LogP contribution in [-0.2, 0) is 9.59 Å². The van der Waals surface area contributed by atoms with Gasteiger partial charge in [0.05, 0.1) is 11.6 Å². The van der Waals surface area contributed by atoms with Crippen molar-refractivity contribution in [3.05, 3.63) is 63.5 Å². The smallest absolute Gasteiger partial charge is 0.295 e. The number of benzene rings is 1. The Kier molecular flexibility index (Phi) is 5.75. The number of hydrogen-bond acceptors (Lipinski definition) is 4. The summed E-state index contributed by atoms with van der Waals surface area (Å²) in [5.74, 6) is -1.23. The Hall–Kier alpha value is -2.86. The molecular weight excluding hydrogens is 390 g/mol. The normalized spacial score (nSPS) is 21.4. The lowest BCUT2D eigenvalue weighted by Gasteiger charge is -2.27. The predicted molar refractivity (Wildman–Crippen MR) is 121 cm³/mol. The number of carbonyl (C=O) groups is 2. The van der Waals surface area contributed by atoms with E-state index in [0.29, 0.717) is 12.1 Å². The Morgan fingerprint density at radius 1 is 1.00 bits per heavy atom. The van der Waals surface area contributed by atoms with Gasteiger partial charge in [0.25, 0.3) is 11.7 Å². The van der Waals surface area contributed by atoms with E-state index in [4.69, 9.17) is 0 Å². The highest BCUT2D eigenvalue weighted by atomic mass is 16.3. The molecular formula is C25H31N3O3. The first-order chi connectivity index (χ1) is 14.8. The van der Waals surface area contributed by atoms with Crippen molar-refractivity contribution < 1.29 is 14.7 Å². The number of aliphatic hydroxyl groups is 1. The number of aromatic nitrogens is 1. The zero-order valence-corrected chi connectivity index (χ0v) is 18.8. The van der Waals surface area contributed by atoms with Gasteiger partial charge in [-0.2, -0.15) is 0 Å². The topological polar surface area (TPSA) is 76.6 Å². The molecule has 1 amide bonds. The van der Waals surface area contributed by atoms with E-state index in [1.54, 1.807) is 4.90 Å². The fraction of sp³-hybridized carbons (Fsp3) is 0.440. The lowest BCUT2D eigenvalue weighted by Crippen LogP contribution is -2.37. The molecule has 6 nitrogen and oxygen atoms in total. The third-order valence-electron chi connectivity index (χ3n) is 6.71. The Labute approximate surface area is 183 Å². The highest BCUT2D eigenvalue weighted by Gasteiger charge is 2.46. The van der Waals surface area contributed by atoms with Crippen LogP contribution in [0.2, 0.25) is 0 Å². The molecule has 31 heavy (non-hydrogen) atoms. The second-order valence-corrected chi connectivity index (χ2v) is 8.83. The number of nitrogens with zero attached hydrogens (tertiary/aromatic N) is 2. The number of rotatable bonds is 5. The molecule has 1 aromatic heterocycles. The predicted octanol–water partition coefficient (Wildman–Crippen LogP) is 3.77. The molecule has 0 radical (unpaired) electrons. The average molecular weight is 422 g/mol. The maximum Gasteiger partial charge on any atom is 0.295 e. The molecule has 0 saturated carbocycles. The number of likely N-dealkylation sites (tertiary alicyclic amines) is 2. The Morgan fingerprint density at radius 3 is 2.23 bits per heavy atom. The number of nitrogens with one attached hydrogen (secondary N) is 1. The van der Waals surface area contributed by atoms with Crippen LogP contribution in [-0.4, -0.2) is 57.8 Å². The van der Waals surface area contributed by atoms with Crippen LogP contribution in [0.1, 0.15) is 52.5 Å². The van der Waals surface area contributed by atoms with Gasteiger partial charge in [-0.25, -0.2) is 0 Å². The van der Waals surface area contributed by atoms with Crippen LogP contribution < -0.4 is 0 Å². The van der Waals surface area contributed by atoms with Gasteiger partial charge in [0.1, 0.15) is 5.76 Å². The van der Waals surface area contributed by atoms with Crippen LogP contribution in [0.4, 0.5) is 0 Å². The summed E-state index contributed by atoms with van der Waals surface area (Å²) in [6.07, 6.45) is 2.34. The summed E-state index contributed by atoms with van der Waals surface area (Å²) in [6.45, 7) is 11.0. The Balaban J connectivity index is 1.80. The lowest BCUT2D eigenvalue weighted by atomic mass is 9.93. The van der Waals surface area contributed by atoms with Gasteiger partial charge in [0.2, 0.25) is 0 Å². The summed E-state index contributed by atoms with van der Waals surface area (Å²) < 4.78 is 0. The van der Waals surface area contributed by atoms with Crippen molar-refractivity contribution in [2.45, 2.75) is 46.6 Å². The van der Waals surface area contributed by atoms with E-state index >= 15 is 0 Å². The molecule has 1 aromatic carbocycles. The van der Waals surface area contributed by atoms with Crippen LogP contribution in [0.3, 0.4) is 0 Å². The first-order valence-electron chi connectivity index (χ1n) is 11.0. The van der Waals surface area contributed by atoms with Gasteiger partial charge in [0, 0.05) is 30.0 Å². The van der Waals surface area contributed by atoms with E-state index in [-0.39, 0.29) is 11.3 Å². The number of ketones is 1. The van der Waals surface area contributed by atoms with Gasteiger partial charge in [-0.05, 0) is 64.8 Å². The molecule has 2 aromatic rings. The van der Waals surface area contributed by atoms with Crippen molar-refractivity contribution in [2.75, 3.05) is 26.2 Å². The number of aliphatic hydroxyl groups excluding tert-OH is 1. The highest BCUT2D eigenvalue weighted by molar-refractivity contribution is 6.46. The van der Waals surface area contributed by atoms with Gasteiger partial charge in [-0.15, -0.1) is 0 Å². The molecule has 2 saturated heterocycles. The molecule has 4 rings (SSSR count). The van der Waals surface area contributed by atoms with Crippen molar-refractivity contribution in [1.29, 1.82) is 0 Å². The largest absolute Gasteiger partial charge is 0.507 e. The van der Waals surface area contributed by atoms with Gasteiger partial charge >= 0.3 is 0 Å². The number of aryl methyl sites for hydroxylation is 3. The third kappa shape index (κ3) is 3.81. The first kappa shape index (κ1) is 21.4. The van der Waals surface area contributed by atoms with E-state index in [2.05, 4.69) is 9.88 Å². The zero-order chi connectivity index (χ0) is 22.3. The Bertz CT molecular complexity index is 1040. The minimum Gasteiger partial charge on any atom is -0.507 e. The van der Waals surface area contributed by atoms with Crippen molar-refractivity contribution in [3.63, 3.8) is 0 Å². The van der Waals surface area contributed by atoms with Crippen molar-refractivity contribution >= 4 is 17.4 Å². The number of aromatic amines is 1. The summed E-state index contributed by atoms with van der Waals surface area (Å²) >= 11 is 0. The summed E-state index contributed by atoms with van der Waals surface area (Å²) in [6, 6.07) is 7.27. The van der Waals surface area contributed by atoms with Crippen molar-refractivity contribution in [1.82, 2.24) is 14.8 Å². The zero-order valence-electron chi connectivity index (χ0n) is 18.8.